The number of hydrogen-bond acceptors (Lipinski definition) is 7. The van der Waals surface area contributed by atoms with Crippen molar-refractivity contribution < 1.29 is 33.5 Å². The highest BCUT2D eigenvalue weighted by molar-refractivity contribution is 7.43. The molecule has 0 heterocycles. The quantitative estimate of drug-likeness (QED) is 0.101. The maximum Gasteiger partial charge on any atom is 0.306 e. The fraction of sp³-hybridized carbons (Fsp3) is 0.960. The summed E-state index contributed by atoms with van der Waals surface area (Å²) in [6, 6.07) is 0. The van der Waals surface area contributed by atoms with Crippen LogP contribution in [0.4, 0.5) is 0 Å². The maximum absolute atomic E-state index is 11.7. The van der Waals surface area contributed by atoms with Crippen molar-refractivity contribution in [2.45, 2.75) is 141 Å². The van der Waals surface area contributed by atoms with Crippen LogP contribution in [0.1, 0.15) is 135 Å². The molecule has 0 aliphatic rings. The van der Waals surface area contributed by atoms with E-state index in [1.807, 2.05) is 0 Å². The molecule has 1 N–H and O–H groups in total. The summed E-state index contributed by atoms with van der Waals surface area (Å²) in [4.78, 5) is 32.6. The fourth-order valence-corrected chi connectivity index (χ4v) is 4.24. The number of esters is 1. The van der Waals surface area contributed by atoms with Gasteiger partial charge in [-0.05, 0) is 6.42 Å². The molecule has 198 valence electrons. The van der Waals surface area contributed by atoms with Crippen LogP contribution in [-0.4, -0.2) is 30.4 Å². The Morgan fingerprint density at radius 1 is 0.727 bits per heavy atom. The van der Waals surface area contributed by atoms with Gasteiger partial charge in [0.05, 0.1) is 21.0 Å². The Labute approximate surface area is 202 Å². The third kappa shape index (κ3) is 26.0. The van der Waals surface area contributed by atoms with Gasteiger partial charge in [0.15, 0.2) is 0 Å². The first-order chi connectivity index (χ1) is 15.9. The average Bonchev–Trinajstić information content (AvgIpc) is 2.77. The number of unbranched alkanes of at least 4 members (excludes halogenated alkanes) is 18. The molecule has 33 heavy (non-hydrogen) atoms. The zero-order valence-corrected chi connectivity index (χ0v) is 21.9. The van der Waals surface area contributed by atoms with Crippen molar-refractivity contribution in [3.05, 3.63) is 0 Å². The largest absolute Gasteiger partial charge is 0.790 e. The van der Waals surface area contributed by atoms with Crippen molar-refractivity contribution >= 4 is 13.8 Å². The molecule has 1 atom stereocenters. The van der Waals surface area contributed by atoms with Gasteiger partial charge in [-0.1, -0.05) is 122 Å². The lowest BCUT2D eigenvalue weighted by Gasteiger charge is -2.30. The second-order valence-electron chi connectivity index (χ2n) is 9.15. The van der Waals surface area contributed by atoms with Crippen molar-refractivity contribution in [3.63, 3.8) is 0 Å². The highest BCUT2D eigenvalue weighted by Gasteiger charge is 2.14. The van der Waals surface area contributed by atoms with E-state index in [1.165, 1.54) is 103 Å². The lowest BCUT2D eigenvalue weighted by molar-refractivity contribution is -0.343. The van der Waals surface area contributed by atoms with E-state index in [9.17, 15) is 19.1 Å². The number of hydrogen-bond donors (Lipinski definition) is 1. The van der Waals surface area contributed by atoms with Crippen LogP contribution in [0.3, 0.4) is 0 Å². The first-order valence-corrected chi connectivity index (χ1v) is 14.8. The molecule has 8 heteroatoms. The summed E-state index contributed by atoms with van der Waals surface area (Å²) in [5.41, 5.74) is 0. The summed E-state index contributed by atoms with van der Waals surface area (Å²) in [7, 11) is -5.14. The number of ether oxygens (including phenoxy) is 1. The average molecular weight is 493 g/mol. The third-order valence-corrected chi connectivity index (χ3v) is 6.37. The van der Waals surface area contributed by atoms with Crippen molar-refractivity contribution in [2.24, 2.45) is 0 Å². The van der Waals surface area contributed by atoms with Crippen LogP contribution in [0, 0.1) is 0 Å². The van der Waals surface area contributed by atoms with Gasteiger partial charge in [0.1, 0.15) is 6.10 Å². The molecule has 0 rings (SSSR count). The van der Waals surface area contributed by atoms with Gasteiger partial charge in [0.25, 0.3) is 0 Å². The van der Waals surface area contributed by atoms with Crippen molar-refractivity contribution in [2.75, 3.05) is 13.2 Å². The van der Waals surface area contributed by atoms with Crippen molar-refractivity contribution in [1.82, 2.24) is 0 Å². The van der Waals surface area contributed by atoms with Gasteiger partial charge in [-0.25, -0.2) is 0 Å². The Balaban J connectivity index is 3.33. The summed E-state index contributed by atoms with van der Waals surface area (Å²) < 4.78 is 19.4. The van der Waals surface area contributed by atoms with Crippen LogP contribution in [0.15, 0.2) is 0 Å². The normalized spacial score (nSPS) is 12.7. The standard InChI is InChI=1S/C25H51O7P/c1-2-3-4-5-6-7-8-9-10-11-12-13-14-15-16-17-18-19-20-21-25(27)32-24(22-26)23-31-33(28,29)30/h24,26H,2-23H2,1H3,(H2,28,29,30)/p-2/t24-/m1/s1. The third-order valence-electron chi connectivity index (χ3n) is 5.90. The number of carbonyl (C=O) groups is 1. The molecule has 0 aliphatic heterocycles. The molecule has 0 bridgehead atoms. The zero-order chi connectivity index (χ0) is 24.6. The van der Waals surface area contributed by atoms with Gasteiger partial charge in [0.2, 0.25) is 0 Å². The lowest BCUT2D eigenvalue weighted by Crippen LogP contribution is -2.29. The number of rotatable bonds is 25. The Morgan fingerprint density at radius 2 is 1.09 bits per heavy atom. The van der Waals surface area contributed by atoms with Crippen LogP contribution in [0.2, 0.25) is 0 Å². The van der Waals surface area contributed by atoms with Crippen LogP contribution in [0.25, 0.3) is 0 Å². The highest BCUT2D eigenvalue weighted by Crippen LogP contribution is 2.24. The Bertz CT molecular complexity index is 481. The maximum atomic E-state index is 11.7. The Kier molecular flexibility index (Phi) is 23.0. The van der Waals surface area contributed by atoms with Crippen LogP contribution >= 0.6 is 7.82 Å². The number of phosphoric ester groups is 1. The predicted octanol–water partition coefficient (Wildman–Crippen LogP) is 5.56. The Morgan fingerprint density at radius 3 is 1.42 bits per heavy atom. The number of aliphatic hydroxyl groups is 1. The van der Waals surface area contributed by atoms with E-state index in [0.29, 0.717) is 6.42 Å². The van der Waals surface area contributed by atoms with E-state index in [0.717, 1.165) is 12.8 Å². The highest BCUT2D eigenvalue weighted by atomic mass is 31.2. The topological polar surface area (TPSA) is 119 Å². The molecule has 0 amide bonds. The molecule has 0 aromatic carbocycles. The first-order valence-electron chi connectivity index (χ1n) is 13.4. The number of carbonyl (C=O) groups excluding carboxylic acids is 1. The fourth-order valence-electron chi connectivity index (χ4n) is 3.89. The van der Waals surface area contributed by atoms with Crippen LogP contribution in [0.5, 0.6) is 0 Å². The minimum absolute atomic E-state index is 0.210. The van der Waals surface area contributed by atoms with Crippen LogP contribution in [-0.2, 0) is 18.6 Å². The number of aliphatic hydroxyl groups excluding tert-OH is 1. The Hall–Kier alpha value is -0.460. The lowest BCUT2D eigenvalue weighted by atomic mass is 10.0. The van der Waals surface area contributed by atoms with Gasteiger partial charge in [-0.2, -0.15) is 0 Å². The summed E-state index contributed by atoms with van der Waals surface area (Å²) in [6.45, 7) is 1.03. The van der Waals surface area contributed by atoms with E-state index in [-0.39, 0.29) is 6.42 Å². The second kappa shape index (κ2) is 23.3. The van der Waals surface area contributed by atoms with E-state index in [1.54, 1.807) is 0 Å². The van der Waals surface area contributed by atoms with E-state index in [2.05, 4.69) is 11.4 Å². The van der Waals surface area contributed by atoms with E-state index < -0.39 is 33.1 Å². The molecule has 0 fully saturated rings. The molecule has 0 spiro atoms. The van der Waals surface area contributed by atoms with Gasteiger partial charge >= 0.3 is 5.97 Å². The minimum Gasteiger partial charge on any atom is -0.790 e. The molecule has 7 nitrogen and oxygen atoms in total. The molecule has 0 saturated heterocycles. The summed E-state index contributed by atoms with van der Waals surface area (Å²) in [6.07, 6.45) is 23.4. The predicted molar refractivity (Wildman–Crippen MR) is 129 cm³/mol. The van der Waals surface area contributed by atoms with Gasteiger partial charge in [-0.15, -0.1) is 0 Å². The molecule has 0 unspecified atom stereocenters. The summed E-state index contributed by atoms with van der Waals surface area (Å²) in [5.74, 6) is -0.517. The van der Waals surface area contributed by atoms with Gasteiger partial charge in [-0.3, -0.25) is 4.79 Å². The molecule has 0 radical (unpaired) electrons. The smallest absolute Gasteiger partial charge is 0.306 e. The van der Waals surface area contributed by atoms with Crippen molar-refractivity contribution in [3.8, 4) is 0 Å². The number of phosphoric acid groups is 1. The van der Waals surface area contributed by atoms with E-state index in [4.69, 9.17) is 9.84 Å². The molecule has 0 saturated carbocycles. The zero-order valence-electron chi connectivity index (χ0n) is 21.0. The van der Waals surface area contributed by atoms with E-state index >= 15 is 0 Å². The second-order valence-corrected chi connectivity index (χ2v) is 10.3. The molecule has 0 aromatic rings. The monoisotopic (exact) mass is 492 g/mol. The molecule has 0 aromatic heterocycles. The SMILES string of the molecule is CCCCCCCCCCCCCCCCCCCCCC(=O)O[C@H](CO)COP(=O)([O-])[O-]. The van der Waals surface area contributed by atoms with Crippen LogP contribution < -0.4 is 9.79 Å². The van der Waals surface area contributed by atoms with Crippen molar-refractivity contribution in [1.29, 1.82) is 0 Å². The summed E-state index contributed by atoms with van der Waals surface area (Å²) >= 11 is 0. The van der Waals surface area contributed by atoms with Gasteiger partial charge in [0, 0.05) is 6.42 Å². The molecular formula is C25H49O7P-2. The summed E-state index contributed by atoms with van der Waals surface area (Å²) in [5, 5.41) is 9.06. The minimum atomic E-state index is -5.14. The van der Waals surface area contributed by atoms with Gasteiger partial charge < -0.3 is 28.7 Å². The first kappa shape index (κ1) is 32.5. The molecular weight excluding hydrogens is 443 g/mol. The molecule has 0 aliphatic carbocycles.